The van der Waals surface area contributed by atoms with Crippen LogP contribution in [0.25, 0.3) is 0 Å². The quantitative estimate of drug-likeness (QED) is 0.689. The van der Waals surface area contributed by atoms with E-state index in [4.69, 9.17) is 4.74 Å². The number of carbonyl (C=O) groups is 2. The largest absolute Gasteiger partial charge is 0.389 e. The Morgan fingerprint density at radius 1 is 1.07 bits per heavy atom. The maximum Gasteiger partial charge on any atom is 0.325 e. The van der Waals surface area contributed by atoms with Gasteiger partial charge in [0.05, 0.1) is 19.3 Å². The Bertz CT molecular complexity index is 908. The summed E-state index contributed by atoms with van der Waals surface area (Å²) in [6.45, 7) is 1.97. The van der Waals surface area contributed by atoms with Crippen molar-refractivity contribution in [3.8, 4) is 0 Å². The minimum atomic E-state index is -0.966. The molecular weight excluding hydrogens is 380 g/mol. The Balaban J connectivity index is 1.44. The van der Waals surface area contributed by atoms with Crippen molar-refractivity contribution in [2.24, 2.45) is 0 Å². The molecule has 2 atom stereocenters. The molecule has 1 heterocycles. The number of urea groups is 1. The van der Waals surface area contributed by atoms with Crippen LogP contribution < -0.4 is 5.32 Å². The molecule has 0 unspecified atom stereocenters. The van der Waals surface area contributed by atoms with Crippen molar-refractivity contribution in [1.29, 1.82) is 0 Å². The first-order valence-electron chi connectivity index (χ1n) is 10.5. The smallest absolute Gasteiger partial charge is 0.325 e. The number of aliphatic hydroxyl groups is 1. The molecular formula is C24H28N2O4. The van der Waals surface area contributed by atoms with E-state index in [0.29, 0.717) is 12.8 Å². The van der Waals surface area contributed by atoms with E-state index in [9.17, 15) is 14.7 Å². The number of aliphatic hydroxyl groups excluding tert-OH is 1. The van der Waals surface area contributed by atoms with Crippen LogP contribution in [0.1, 0.15) is 48.5 Å². The Labute approximate surface area is 176 Å². The summed E-state index contributed by atoms with van der Waals surface area (Å²) in [6.07, 6.45) is 1.90. The van der Waals surface area contributed by atoms with E-state index in [1.54, 1.807) is 0 Å². The summed E-state index contributed by atoms with van der Waals surface area (Å²) in [5, 5.41) is 13.4. The lowest BCUT2D eigenvalue weighted by Crippen LogP contribution is -2.45. The number of amides is 3. The fourth-order valence-corrected chi connectivity index (χ4v) is 4.50. The molecule has 4 rings (SSSR count). The Morgan fingerprint density at radius 2 is 1.73 bits per heavy atom. The van der Waals surface area contributed by atoms with Crippen molar-refractivity contribution in [2.45, 2.75) is 50.4 Å². The van der Waals surface area contributed by atoms with Crippen LogP contribution in [0.2, 0.25) is 0 Å². The van der Waals surface area contributed by atoms with Crippen LogP contribution in [0.4, 0.5) is 4.79 Å². The summed E-state index contributed by atoms with van der Waals surface area (Å²) in [5.41, 5.74) is 2.35. The molecule has 0 aromatic heterocycles. The number of rotatable bonds is 7. The Hall–Kier alpha value is -2.70. The van der Waals surface area contributed by atoms with E-state index < -0.39 is 17.7 Å². The van der Waals surface area contributed by atoms with E-state index in [-0.39, 0.29) is 25.2 Å². The normalized spacial score (nSPS) is 19.9. The minimum Gasteiger partial charge on any atom is -0.389 e. The average molecular weight is 408 g/mol. The van der Waals surface area contributed by atoms with Gasteiger partial charge in [0.25, 0.3) is 5.91 Å². The van der Waals surface area contributed by atoms with Gasteiger partial charge in [-0.05, 0) is 36.5 Å². The molecule has 6 nitrogen and oxygen atoms in total. The molecule has 2 N–H and O–H groups in total. The number of nitrogens with zero attached hydrogens (tertiary/aromatic N) is 1. The van der Waals surface area contributed by atoms with Crippen molar-refractivity contribution in [1.82, 2.24) is 10.2 Å². The SMILES string of the molecule is Cc1ccccc1[C@@H](OC[C@@H](O)CN1C(=O)NC2(CCCC2)C1=O)c1ccccc1. The minimum absolute atomic E-state index is 0.0119. The molecule has 0 radical (unpaired) electrons. The van der Waals surface area contributed by atoms with Gasteiger partial charge in [0.1, 0.15) is 11.6 Å². The summed E-state index contributed by atoms with van der Waals surface area (Å²) in [7, 11) is 0. The van der Waals surface area contributed by atoms with Gasteiger partial charge >= 0.3 is 6.03 Å². The fraction of sp³-hybridized carbons (Fsp3) is 0.417. The van der Waals surface area contributed by atoms with Crippen LogP contribution in [0.15, 0.2) is 54.6 Å². The van der Waals surface area contributed by atoms with Gasteiger partial charge in [-0.3, -0.25) is 9.69 Å². The monoisotopic (exact) mass is 408 g/mol. The summed E-state index contributed by atoms with van der Waals surface area (Å²) < 4.78 is 6.13. The number of ether oxygens (including phenoxy) is 1. The molecule has 158 valence electrons. The molecule has 1 aliphatic carbocycles. The lowest BCUT2D eigenvalue weighted by atomic mass is 9.97. The summed E-state index contributed by atoms with van der Waals surface area (Å²) in [5.74, 6) is -0.220. The van der Waals surface area contributed by atoms with Crippen LogP contribution in [-0.2, 0) is 9.53 Å². The van der Waals surface area contributed by atoms with Crippen LogP contribution >= 0.6 is 0 Å². The van der Waals surface area contributed by atoms with Gasteiger partial charge < -0.3 is 15.2 Å². The molecule has 1 aliphatic heterocycles. The number of hydrogen-bond donors (Lipinski definition) is 2. The average Bonchev–Trinajstić information content (AvgIpc) is 3.31. The van der Waals surface area contributed by atoms with E-state index in [1.807, 2.05) is 61.5 Å². The maximum atomic E-state index is 12.8. The van der Waals surface area contributed by atoms with Gasteiger partial charge in [0, 0.05) is 0 Å². The van der Waals surface area contributed by atoms with Crippen molar-refractivity contribution >= 4 is 11.9 Å². The van der Waals surface area contributed by atoms with Gasteiger partial charge in [-0.25, -0.2) is 4.79 Å². The number of aryl methyl sites for hydroxylation is 1. The highest BCUT2D eigenvalue weighted by Gasteiger charge is 2.52. The summed E-state index contributed by atoms with van der Waals surface area (Å²) in [4.78, 5) is 26.3. The van der Waals surface area contributed by atoms with E-state index >= 15 is 0 Å². The highest BCUT2D eigenvalue weighted by Crippen LogP contribution is 2.35. The second kappa shape index (κ2) is 8.58. The third-order valence-electron chi connectivity index (χ3n) is 6.12. The van der Waals surface area contributed by atoms with Gasteiger partial charge in [0.2, 0.25) is 0 Å². The fourth-order valence-electron chi connectivity index (χ4n) is 4.50. The molecule has 2 aromatic rings. The van der Waals surface area contributed by atoms with Crippen molar-refractivity contribution < 1.29 is 19.4 Å². The van der Waals surface area contributed by atoms with Gasteiger partial charge in [-0.2, -0.15) is 0 Å². The van der Waals surface area contributed by atoms with Crippen LogP contribution in [-0.4, -0.2) is 46.7 Å². The van der Waals surface area contributed by atoms with Crippen molar-refractivity contribution in [3.63, 3.8) is 0 Å². The van der Waals surface area contributed by atoms with Gasteiger partial charge in [-0.15, -0.1) is 0 Å². The topological polar surface area (TPSA) is 78.9 Å². The Morgan fingerprint density at radius 3 is 2.43 bits per heavy atom. The lowest BCUT2D eigenvalue weighted by molar-refractivity contribution is -0.132. The molecule has 2 aromatic carbocycles. The second-order valence-corrected chi connectivity index (χ2v) is 8.27. The number of β-amino-alcohol motifs (C(OH)–C–C–N with tert-alkyl or cyclic N) is 1. The predicted octanol–water partition coefficient (Wildman–Crippen LogP) is 3.33. The van der Waals surface area contributed by atoms with E-state index in [1.165, 1.54) is 0 Å². The third-order valence-corrected chi connectivity index (χ3v) is 6.12. The number of imide groups is 1. The zero-order valence-corrected chi connectivity index (χ0v) is 17.2. The lowest BCUT2D eigenvalue weighted by Gasteiger charge is -2.24. The second-order valence-electron chi connectivity index (χ2n) is 8.27. The van der Waals surface area contributed by atoms with Crippen LogP contribution in [0.5, 0.6) is 0 Å². The highest BCUT2D eigenvalue weighted by atomic mass is 16.5. The zero-order chi connectivity index (χ0) is 21.1. The molecule has 2 fully saturated rings. The van der Waals surface area contributed by atoms with E-state index in [0.717, 1.165) is 34.4 Å². The molecule has 1 saturated heterocycles. The highest BCUT2D eigenvalue weighted by molar-refractivity contribution is 6.07. The zero-order valence-electron chi connectivity index (χ0n) is 17.2. The molecule has 6 heteroatoms. The molecule has 2 aliphatic rings. The first-order valence-corrected chi connectivity index (χ1v) is 10.5. The molecule has 1 spiro atoms. The van der Waals surface area contributed by atoms with Crippen LogP contribution in [0.3, 0.4) is 0 Å². The third kappa shape index (κ3) is 3.98. The van der Waals surface area contributed by atoms with Gasteiger partial charge in [0.15, 0.2) is 0 Å². The standard InChI is InChI=1S/C24H28N2O4/c1-17-9-5-6-12-20(17)21(18-10-3-2-4-11-18)30-16-19(27)15-26-22(28)24(25-23(26)29)13-7-8-14-24/h2-6,9-12,19,21,27H,7-8,13-16H2,1H3,(H,25,29)/t19-,21-/m0/s1. The molecule has 3 amide bonds. The maximum absolute atomic E-state index is 12.8. The number of hydrogen-bond acceptors (Lipinski definition) is 4. The predicted molar refractivity (Wildman–Crippen MR) is 113 cm³/mol. The van der Waals surface area contributed by atoms with Crippen molar-refractivity contribution in [3.05, 3.63) is 71.3 Å². The number of nitrogens with one attached hydrogen (secondary N) is 1. The van der Waals surface area contributed by atoms with Crippen LogP contribution in [0, 0.1) is 6.92 Å². The molecule has 30 heavy (non-hydrogen) atoms. The number of carbonyl (C=O) groups excluding carboxylic acids is 2. The van der Waals surface area contributed by atoms with Crippen molar-refractivity contribution in [2.75, 3.05) is 13.2 Å². The number of benzene rings is 2. The summed E-state index contributed by atoms with van der Waals surface area (Å²) in [6, 6.07) is 17.4. The first kappa shape index (κ1) is 20.6. The summed E-state index contributed by atoms with van der Waals surface area (Å²) >= 11 is 0. The molecule has 1 saturated carbocycles. The van der Waals surface area contributed by atoms with E-state index in [2.05, 4.69) is 5.32 Å². The first-order chi connectivity index (χ1) is 14.5. The molecule has 0 bridgehead atoms. The Kier molecular flexibility index (Phi) is 5.88. The van der Waals surface area contributed by atoms with Gasteiger partial charge in [-0.1, -0.05) is 67.4 Å².